The Morgan fingerprint density at radius 2 is 1.80 bits per heavy atom. The summed E-state index contributed by atoms with van der Waals surface area (Å²) in [6, 6.07) is 13.3. The highest BCUT2D eigenvalue weighted by atomic mass is 35.5. The molecule has 2 aromatic carbocycles. The number of allylic oxidation sites excluding steroid dienone is 2. The Morgan fingerprint density at radius 1 is 1.04 bits per heavy atom. The molecule has 0 atom stereocenters. The van der Waals surface area contributed by atoms with Crippen LogP contribution in [0.5, 0.6) is 0 Å². The number of carbonyl (C=O) groups is 1. The molecule has 0 aliphatic heterocycles. The quantitative estimate of drug-likeness (QED) is 0.511. The molecule has 1 amide bonds. The van der Waals surface area contributed by atoms with Crippen LogP contribution in [0.4, 0.5) is 0 Å². The molecular weight excluding hydrogens is 353 g/mol. The Morgan fingerprint density at radius 3 is 2.52 bits per heavy atom. The number of hydrogen-bond donors (Lipinski definition) is 1. The van der Waals surface area contributed by atoms with E-state index in [9.17, 15) is 4.79 Å². The summed E-state index contributed by atoms with van der Waals surface area (Å²) in [7, 11) is 0. The molecule has 2 aromatic rings. The van der Waals surface area contributed by atoms with E-state index in [-0.39, 0.29) is 5.91 Å². The lowest BCUT2D eigenvalue weighted by atomic mass is 10.1. The molecule has 0 unspecified atom stereocenters. The average molecular weight is 372 g/mol. The Bertz CT molecular complexity index is 805. The number of halogens is 2. The predicted molar refractivity (Wildman–Crippen MR) is 108 cm³/mol. The predicted octanol–water partition coefficient (Wildman–Crippen LogP) is 5.70. The number of nitrogens with one attached hydrogen (secondary N) is 1. The standard InChI is InChI=1S/C21H19Cl2NO/c1-16-8-11-18(20(23)15-16)6-2-3-7-21(25)24-14-4-5-17-9-12-19(22)13-10-17/h2-13,15H,14H2,1H3,(H,24,25)/b5-4-,6-2+,7-3+. The van der Waals surface area contributed by atoms with Gasteiger partial charge in [-0.15, -0.1) is 0 Å². The van der Waals surface area contributed by atoms with Crippen molar-refractivity contribution in [1.29, 1.82) is 0 Å². The second kappa shape index (κ2) is 9.87. The molecule has 0 aliphatic carbocycles. The number of rotatable bonds is 6. The van der Waals surface area contributed by atoms with E-state index < -0.39 is 0 Å². The van der Waals surface area contributed by atoms with Gasteiger partial charge in [0.25, 0.3) is 0 Å². The lowest BCUT2D eigenvalue weighted by Crippen LogP contribution is -2.20. The van der Waals surface area contributed by atoms with Crippen molar-refractivity contribution in [3.63, 3.8) is 0 Å². The molecule has 2 nitrogen and oxygen atoms in total. The van der Waals surface area contributed by atoms with E-state index in [4.69, 9.17) is 23.2 Å². The fourth-order valence-electron chi connectivity index (χ4n) is 2.06. The van der Waals surface area contributed by atoms with Crippen molar-refractivity contribution in [3.8, 4) is 0 Å². The average Bonchev–Trinajstić information content (AvgIpc) is 2.59. The Kier molecular flexibility index (Phi) is 7.52. The molecular formula is C21H19Cl2NO. The van der Waals surface area contributed by atoms with Crippen LogP contribution in [0.1, 0.15) is 16.7 Å². The fourth-order valence-corrected chi connectivity index (χ4v) is 2.48. The van der Waals surface area contributed by atoms with Gasteiger partial charge in [0.05, 0.1) is 0 Å². The van der Waals surface area contributed by atoms with E-state index in [1.165, 1.54) is 6.08 Å². The zero-order chi connectivity index (χ0) is 18.1. The van der Waals surface area contributed by atoms with Gasteiger partial charge >= 0.3 is 0 Å². The van der Waals surface area contributed by atoms with E-state index in [0.717, 1.165) is 16.7 Å². The highest BCUT2D eigenvalue weighted by Gasteiger charge is 1.95. The largest absolute Gasteiger partial charge is 0.349 e. The van der Waals surface area contributed by atoms with Crippen LogP contribution < -0.4 is 5.32 Å². The van der Waals surface area contributed by atoms with Crippen LogP contribution in [-0.2, 0) is 4.79 Å². The summed E-state index contributed by atoms with van der Waals surface area (Å²) in [6.07, 6.45) is 10.6. The van der Waals surface area contributed by atoms with Crippen LogP contribution >= 0.6 is 23.2 Å². The maximum absolute atomic E-state index is 11.7. The zero-order valence-electron chi connectivity index (χ0n) is 13.9. The monoisotopic (exact) mass is 371 g/mol. The van der Waals surface area contributed by atoms with Crippen LogP contribution in [-0.4, -0.2) is 12.5 Å². The van der Waals surface area contributed by atoms with Crippen molar-refractivity contribution in [2.75, 3.05) is 6.54 Å². The minimum Gasteiger partial charge on any atom is -0.349 e. The van der Waals surface area contributed by atoms with E-state index >= 15 is 0 Å². The SMILES string of the molecule is Cc1ccc(/C=C/C=C/C(=O)NC/C=C\c2ccc(Cl)cc2)c(Cl)c1. The first-order chi connectivity index (χ1) is 12.0. The third-order valence-corrected chi connectivity index (χ3v) is 3.94. The zero-order valence-corrected chi connectivity index (χ0v) is 15.4. The highest BCUT2D eigenvalue weighted by molar-refractivity contribution is 6.32. The third kappa shape index (κ3) is 7.00. The summed E-state index contributed by atoms with van der Waals surface area (Å²) in [4.78, 5) is 11.7. The van der Waals surface area contributed by atoms with Crippen molar-refractivity contribution >= 4 is 41.3 Å². The van der Waals surface area contributed by atoms with Crippen molar-refractivity contribution < 1.29 is 4.79 Å². The maximum atomic E-state index is 11.7. The summed E-state index contributed by atoms with van der Waals surface area (Å²) in [6.45, 7) is 2.45. The van der Waals surface area contributed by atoms with E-state index in [0.29, 0.717) is 16.6 Å². The van der Waals surface area contributed by atoms with Gasteiger partial charge in [0.2, 0.25) is 5.91 Å². The maximum Gasteiger partial charge on any atom is 0.244 e. The molecule has 0 saturated heterocycles. The molecule has 4 heteroatoms. The Hall–Kier alpha value is -2.29. The molecule has 0 heterocycles. The summed E-state index contributed by atoms with van der Waals surface area (Å²) < 4.78 is 0. The van der Waals surface area contributed by atoms with Gasteiger partial charge in [-0.25, -0.2) is 0 Å². The second-order valence-corrected chi connectivity index (χ2v) is 6.29. The molecule has 0 saturated carbocycles. The molecule has 0 aromatic heterocycles. The number of hydrogen-bond acceptors (Lipinski definition) is 1. The number of aryl methyl sites for hydroxylation is 1. The van der Waals surface area contributed by atoms with Gasteiger partial charge in [-0.3, -0.25) is 4.79 Å². The van der Waals surface area contributed by atoms with Crippen molar-refractivity contribution in [2.24, 2.45) is 0 Å². The smallest absolute Gasteiger partial charge is 0.244 e. The van der Waals surface area contributed by atoms with Crippen molar-refractivity contribution in [1.82, 2.24) is 5.32 Å². The number of benzene rings is 2. The molecule has 1 N–H and O–H groups in total. The molecule has 25 heavy (non-hydrogen) atoms. The molecule has 0 aliphatic rings. The Balaban J connectivity index is 1.76. The third-order valence-electron chi connectivity index (χ3n) is 3.36. The summed E-state index contributed by atoms with van der Waals surface area (Å²) in [5.41, 5.74) is 3.07. The van der Waals surface area contributed by atoms with Crippen LogP contribution in [0.2, 0.25) is 10.0 Å². The first kappa shape index (κ1) is 19.0. The van der Waals surface area contributed by atoms with Gasteiger partial charge in [-0.2, -0.15) is 0 Å². The molecule has 128 valence electrons. The van der Waals surface area contributed by atoms with Gasteiger partial charge in [-0.05, 0) is 41.8 Å². The van der Waals surface area contributed by atoms with Crippen molar-refractivity contribution in [2.45, 2.75) is 6.92 Å². The van der Waals surface area contributed by atoms with Gasteiger partial charge in [-0.1, -0.05) is 77.8 Å². The van der Waals surface area contributed by atoms with Crippen LogP contribution in [0.15, 0.2) is 66.8 Å². The van der Waals surface area contributed by atoms with Gasteiger partial charge in [0.1, 0.15) is 0 Å². The van der Waals surface area contributed by atoms with Gasteiger partial charge in [0.15, 0.2) is 0 Å². The van der Waals surface area contributed by atoms with E-state index in [2.05, 4.69) is 5.32 Å². The van der Waals surface area contributed by atoms with Crippen LogP contribution in [0.25, 0.3) is 12.2 Å². The van der Waals surface area contributed by atoms with E-state index in [1.807, 2.05) is 67.6 Å². The molecule has 0 radical (unpaired) electrons. The fraction of sp³-hybridized carbons (Fsp3) is 0.0952. The van der Waals surface area contributed by atoms with E-state index in [1.54, 1.807) is 12.2 Å². The van der Waals surface area contributed by atoms with Crippen LogP contribution in [0.3, 0.4) is 0 Å². The Labute approximate surface area is 158 Å². The first-order valence-corrected chi connectivity index (χ1v) is 8.61. The number of amides is 1. The summed E-state index contributed by atoms with van der Waals surface area (Å²) in [5.74, 6) is -0.152. The minimum absolute atomic E-state index is 0.152. The summed E-state index contributed by atoms with van der Waals surface area (Å²) in [5, 5.41) is 4.18. The normalized spacial score (nSPS) is 11.6. The minimum atomic E-state index is -0.152. The lowest BCUT2D eigenvalue weighted by Gasteiger charge is -1.99. The van der Waals surface area contributed by atoms with Crippen LogP contribution in [0, 0.1) is 6.92 Å². The first-order valence-electron chi connectivity index (χ1n) is 7.85. The second-order valence-electron chi connectivity index (χ2n) is 5.44. The molecule has 0 spiro atoms. The number of carbonyl (C=O) groups excluding carboxylic acids is 1. The highest BCUT2D eigenvalue weighted by Crippen LogP contribution is 2.18. The lowest BCUT2D eigenvalue weighted by molar-refractivity contribution is -0.116. The van der Waals surface area contributed by atoms with Gasteiger partial charge in [0, 0.05) is 22.7 Å². The summed E-state index contributed by atoms with van der Waals surface area (Å²) >= 11 is 12.0. The molecule has 0 fully saturated rings. The molecule has 2 rings (SSSR count). The topological polar surface area (TPSA) is 29.1 Å². The van der Waals surface area contributed by atoms with Crippen molar-refractivity contribution in [3.05, 3.63) is 93.5 Å². The van der Waals surface area contributed by atoms with Gasteiger partial charge < -0.3 is 5.32 Å². The molecule has 0 bridgehead atoms.